The highest BCUT2D eigenvalue weighted by atomic mass is 32.1. The number of nitrogen functional groups attached to an aromatic ring is 1. The van der Waals surface area contributed by atoms with Gasteiger partial charge in [0, 0.05) is 24.8 Å². The molecule has 0 amide bonds. The van der Waals surface area contributed by atoms with Gasteiger partial charge < -0.3 is 15.1 Å². The molecule has 0 unspecified atom stereocenters. The molecule has 1 aliphatic heterocycles. The van der Waals surface area contributed by atoms with Gasteiger partial charge in [-0.2, -0.15) is 0 Å². The molecule has 1 saturated heterocycles. The number of nitrogens with zero attached hydrogens (tertiary/aromatic N) is 2. The van der Waals surface area contributed by atoms with Gasteiger partial charge in [0.1, 0.15) is 11.3 Å². The second-order valence-corrected chi connectivity index (χ2v) is 14.4. The molecule has 1 fully saturated rings. The molecule has 5 rings (SSSR count). The first-order valence-electron chi connectivity index (χ1n) is 10.6. The van der Waals surface area contributed by atoms with Crippen LogP contribution < -0.4 is 25.4 Å². The lowest BCUT2D eigenvalue weighted by atomic mass is 10.2. The SMILES string of the molecule is CC(C)(C)[Si](Oc1cc(N2CC2)cc2sc(N)nc12)(c1ccccc1)c1ccccc1. The van der Waals surface area contributed by atoms with Gasteiger partial charge in [-0.05, 0) is 21.5 Å². The highest BCUT2D eigenvalue weighted by molar-refractivity contribution is 7.22. The van der Waals surface area contributed by atoms with Crippen molar-refractivity contribution in [2.45, 2.75) is 25.8 Å². The lowest BCUT2D eigenvalue weighted by molar-refractivity contribution is 0.512. The monoisotopic (exact) mass is 445 g/mol. The first-order chi connectivity index (χ1) is 14.9. The fraction of sp³-hybridized carbons (Fsp3) is 0.240. The summed E-state index contributed by atoms with van der Waals surface area (Å²) in [5, 5.41) is 2.97. The molecule has 1 aromatic heterocycles. The molecule has 0 radical (unpaired) electrons. The maximum Gasteiger partial charge on any atom is 0.320 e. The minimum atomic E-state index is -2.73. The van der Waals surface area contributed by atoms with Gasteiger partial charge in [0.05, 0.1) is 4.70 Å². The van der Waals surface area contributed by atoms with E-state index >= 15 is 0 Å². The minimum Gasteiger partial charge on any atom is -0.532 e. The lowest BCUT2D eigenvalue weighted by Gasteiger charge is -2.43. The van der Waals surface area contributed by atoms with E-state index in [1.165, 1.54) is 27.4 Å². The van der Waals surface area contributed by atoms with E-state index in [0.29, 0.717) is 5.13 Å². The topological polar surface area (TPSA) is 51.1 Å². The Hall–Kier alpha value is -2.83. The van der Waals surface area contributed by atoms with Crippen LogP contribution >= 0.6 is 11.3 Å². The van der Waals surface area contributed by atoms with Crippen LogP contribution in [-0.4, -0.2) is 26.4 Å². The van der Waals surface area contributed by atoms with E-state index in [1.807, 2.05) is 0 Å². The number of fused-ring (bicyclic) bond motifs is 1. The molecule has 0 aliphatic carbocycles. The van der Waals surface area contributed by atoms with Crippen molar-refractivity contribution in [2.75, 3.05) is 23.7 Å². The number of rotatable bonds is 5. The van der Waals surface area contributed by atoms with E-state index in [-0.39, 0.29) is 5.04 Å². The third-order valence-corrected chi connectivity index (χ3v) is 11.7. The highest BCUT2D eigenvalue weighted by Crippen LogP contribution is 2.42. The van der Waals surface area contributed by atoms with E-state index in [4.69, 9.17) is 10.2 Å². The van der Waals surface area contributed by atoms with Gasteiger partial charge in [0.25, 0.3) is 0 Å². The Morgan fingerprint density at radius 1 is 0.935 bits per heavy atom. The van der Waals surface area contributed by atoms with Gasteiger partial charge in [0.2, 0.25) is 0 Å². The normalized spacial score (nSPS) is 14.1. The number of benzene rings is 3. The van der Waals surface area contributed by atoms with Crippen LogP contribution in [0.1, 0.15) is 20.8 Å². The number of thiazole rings is 1. The molecule has 4 nitrogen and oxygen atoms in total. The highest BCUT2D eigenvalue weighted by Gasteiger charge is 2.52. The van der Waals surface area contributed by atoms with Crippen LogP contribution in [0.25, 0.3) is 10.2 Å². The predicted molar refractivity (Wildman–Crippen MR) is 134 cm³/mol. The molecule has 6 heteroatoms. The van der Waals surface area contributed by atoms with E-state index in [2.05, 4.69) is 103 Å². The first kappa shape index (κ1) is 20.1. The fourth-order valence-corrected chi connectivity index (χ4v) is 9.59. The first-order valence-corrected chi connectivity index (χ1v) is 13.4. The van der Waals surface area contributed by atoms with Gasteiger partial charge in [-0.3, -0.25) is 0 Å². The van der Waals surface area contributed by atoms with Crippen molar-refractivity contribution in [1.82, 2.24) is 4.98 Å². The van der Waals surface area contributed by atoms with Gasteiger partial charge >= 0.3 is 8.32 Å². The maximum absolute atomic E-state index is 7.28. The number of anilines is 2. The summed E-state index contributed by atoms with van der Waals surface area (Å²) < 4.78 is 8.36. The van der Waals surface area contributed by atoms with Crippen molar-refractivity contribution in [3.8, 4) is 5.75 Å². The minimum absolute atomic E-state index is 0.112. The van der Waals surface area contributed by atoms with Crippen LogP contribution in [0.4, 0.5) is 10.8 Å². The van der Waals surface area contributed by atoms with Gasteiger partial charge in [0.15, 0.2) is 5.13 Å². The maximum atomic E-state index is 7.28. The van der Waals surface area contributed by atoms with Crippen molar-refractivity contribution >= 4 is 51.1 Å². The van der Waals surface area contributed by atoms with Gasteiger partial charge in [-0.15, -0.1) is 0 Å². The smallest absolute Gasteiger partial charge is 0.320 e. The standard InChI is InChI=1S/C25H27N3OSSi/c1-25(2,3)31(19-10-6-4-7-11-19,20-12-8-5-9-13-20)29-21-16-18(28-14-15-28)17-22-23(21)27-24(26)30-22/h4-13,16-17H,14-15H2,1-3H3,(H2,26,27). The van der Waals surface area contributed by atoms with Crippen LogP contribution in [0.2, 0.25) is 5.04 Å². The summed E-state index contributed by atoms with van der Waals surface area (Å²) >= 11 is 1.53. The lowest BCUT2D eigenvalue weighted by Crippen LogP contribution is -2.68. The molecule has 31 heavy (non-hydrogen) atoms. The summed E-state index contributed by atoms with van der Waals surface area (Å²) in [5.74, 6) is 0.835. The van der Waals surface area contributed by atoms with Crippen molar-refractivity contribution in [3.05, 3.63) is 72.8 Å². The van der Waals surface area contributed by atoms with Crippen molar-refractivity contribution in [1.29, 1.82) is 0 Å². The average Bonchev–Trinajstić information content (AvgIpc) is 3.53. The van der Waals surface area contributed by atoms with Crippen LogP contribution in [0.5, 0.6) is 5.75 Å². The Kier molecular flexibility index (Phi) is 4.79. The average molecular weight is 446 g/mol. The zero-order chi connectivity index (χ0) is 21.6. The Labute approximate surface area is 188 Å². The Morgan fingerprint density at radius 2 is 1.52 bits per heavy atom. The Bertz CT molecular complexity index is 1170. The number of hydrogen-bond acceptors (Lipinski definition) is 5. The van der Waals surface area contributed by atoms with Gasteiger partial charge in [-0.1, -0.05) is 92.8 Å². The van der Waals surface area contributed by atoms with E-state index in [1.54, 1.807) is 0 Å². The summed E-state index contributed by atoms with van der Waals surface area (Å²) in [6, 6.07) is 25.8. The molecular formula is C25H27N3OSSi. The number of aromatic nitrogens is 1. The molecule has 1 aliphatic rings. The second kappa shape index (κ2) is 7.39. The molecule has 2 N–H and O–H groups in total. The number of hydrogen-bond donors (Lipinski definition) is 1. The Balaban J connectivity index is 1.77. The van der Waals surface area contributed by atoms with Crippen molar-refractivity contribution in [3.63, 3.8) is 0 Å². The molecule has 2 heterocycles. The number of nitrogens with two attached hydrogens (primary N) is 1. The Morgan fingerprint density at radius 3 is 2.03 bits per heavy atom. The zero-order valence-electron chi connectivity index (χ0n) is 18.1. The molecule has 0 spiro atoms. The van der Waals surface area contributed by atoms with Crippen molar-refractivity contribution < 1.29 is 4.43 Å². The summed E-state index contributed by atoms with van der Waals surface area (Å²) in [6.07, 6.45) is 0. The van der Waals surface area contributed by atoms with E-state index < -0.39 is 8.32 Å². The molecular weight excluding hydrogens is 418 g/mol. The molecule has 0 bridgehead atoms. The third-order valence-electron chi connectivity index (χ3n) is 5.95. The molecule has 158 valence electrons. The zero-order valence-corrected chi connectivity index (χ0v) is 19.9. The third kappa shape index (κ3) is 3.49. The van der Waals surface area contributed by atoms with Gasteiger partial charge in [-0.25, -0.2) is 4.98 Å². The summed E-state index contributed by atoms with van der Waals surface area (Å²) in [6.45, 7) is 9.04. The van der Waals surface area contributed by atoms with Crippen molar-refractivity contribution in [2.24, 2.45) is 0 Å². The summed E-state index contributed by atoms with van der Waals surface area (Å²) in [7, 11) is -2.73. The fourth-order valence-electron chi connectivity index (χ4n) is 4.38. The molecule has 4 aromatic rings. The largest absolute Gasteiger partial charge is 0.532 e. The van der Waals surface area contributed by atoms with Crippen LogP contribution in [0, 0.1) is 0 Å². The summed E-state index contributed by atoms with van der Waals surface area (Å²) in [4.78, 5) is 7.00. The van der Waals surface area contributed by atoms with E-state index in [9.17, 15) is 0 Å². The predicted octanol–water partition coefficient (Wildman–Crippen LogP) is 4.64. The van der Waals surface area contributed by atoms with E-state index in [0.717, 1.165) is 29.1 Å². The van der Waals surface area contributed by atoms with Crippen LogP contribution in [-0.2, 0) is 0 Å². The second-order valence-electron chi connectivity index (χ2n) is 9.10. The summed E-state index contributed by atoms with van der Waals surface area (Å²) in [5.41, 5.74) is 8.17. The molecule has 0 saturated carbocycles. The van der Waals surface area contributed by atoms with Crippen LogP contribution in [0.15, 0.2) is 72.8 Å². The van der Waals surface area contributed by atoms with Crippen LogP contribution in [0.3, 0.4) is 0 Å². The molecule has 3 aromatic carbocycles. The quantitative estimate of drug-likeness (QED) is 0.359. The molecule has 0 atom stereocenters.